The van der Waals surface area contributed by atoms with E-state index in [4.69, 9.17) is 18.9 Å². The van der Waals surface area contributed by atoms with E-state index in [1.165, 1.54) is 0 Å². The van der Waals surface area contributed by atoms with Gasteiger partial charge >= 0.3 is 0 Å². The summed E-state index contributed by atoms with van der Waals surface area (Å²) in [4.78, 5) is 0. The Hall–Kier alpha value is -0.240. The smallest absolute Gasteiger partial charge is 0.168 e. The quantitative estimate of drug-likeness (QED) is 0.742. The molecule has 0 bridgehead atoms. The highest BCUT2D eigenvalue weighted by molar-refractivity contribution is 4.91. The number of rotatable bonds is 7. The second-order valence-corrected chi connectivity index (χ2v) is 6.15. The van der Waals surface area contributed by atoms with Crippen LogP contribution in [0.5, 0.6) is 0 Å². The summed E-state index contributed by atoms with van der Waals surface area (Å²) < 4.78 is 23.1. The van der Waals surface area contributed by atoms with Crippen LogP contribution in [0.2, 0.25) is 0 Å². The highest BCUT2D eigenvalue weighted by Crippen LogP contribution is 2.35. The van der Waals surface area contributed by atoms with Gasteiger partial charge in [-0.3, -0.25) is 0 Å². The molecule has 22 heavy (non-hydrogen) atoms. The Morgan fingerprint density at radius 3 is 1.32 bits per heavy atom. The van der Waals surface area contributed by atoms with Crippen LogP contribution in [-0.2, 0) is 18.9 Å². The number of hydrogen-bond donors (Lipinski definition) is 2. The highest BCUT2D eigenvalue weighted by atomic mass is 16.8. The fourth-order valence-electron chi connectivity index (χ4n) is 3.17. The fraction of sp³-hybridized carbons (Fsp3) is 1.00. The molecule has 0 aliphatic carbocycles. The Labute approximate surface area is 132 Å². The molecule has 2 heterocycles. The summed E-state index contributed by atoms with van der Waals surface area (Å²) in [6.45, 7) is 8.50. The number of ether oxygens (including phenoxy) is 4. The van der Waals surface area contributed by atoms with Crippen molar-refractivity contribution in [2.24, 2.45) is 0 Å². The molecule has 0 aromatic heterocycles. The van der Waals surface area contributed by atoms with Gasteiger partial charge < -0.3 is 29.2 Å². The Bertz CT molecular complexity index is 319. The number of aliphatic hydroxyl groups excluding tert-OH is 2. The molecule has 2 rings (SSSR count). The van der Waals surface area contributed by atoms with Crippen molar-refractivity contribution < 1.29 is 29.2 Å². The average molecular weight is 318 g/mol. The Morgan fingerprint density at radius 1 is 0.773 bits per heavy atom. The lowest BCUT2D eigenvalue weighted by Crippen LogP contribution is -2.47. The van der Waals surface area contributed by atoms with Crippen molar-refractivity contribution in [3.05, 3.63) is 0 Å². The van der Waals surface area contributed by atoms with Crippen LogP contribution in [0.4, 0.5) is 0 Å². The van der Waals surface area contributed by atoms with Crippen LogP contribution in [0.3, 0.4) is 0 Å². The van der Waals surface area contributed by atoms with Crippen LogP contribution >= 0.6 is 0 Å². The van der Waals surface area contributed by atoms with E-state index in [9.17, 15) is 10.2 Å². The fourth-order valence-corrected chi connectivity index (χ4v) is 3.17. The van der Waals surface area contributed by atoms with Crippen molar-refractivity contribution in [3.8, 4) is 0 Å². The first-order valence-corrected chi connectivity index (χ1v) is 8.44. The lowest BCUT2D eigenvalue weighted by molar-refractivity contribution is -0.206. The van der Waals surface area contributed by atoms with Gasteiger partial charge in [0.25, 0.3) is 0 Å². The molecule has 0 aromatic rings. The number of hydrogen-bond acceptors (Lipinski definition) is 6. The molecule has 0 spiro atoms. The van der Waals surface area contributed by atoms with E-state index in [1.807, 2.05) is 27.7 Å². The Kier molecular flexibility index (Phi) is 5.85. The minimum absolute atomic E-state index is 0.278. The van der Waals surface area contributed by atoms with Crippen LogP contribution in [0.15, 0.2) is 0 Å². The van der Waals surface area contributed by atoms with E-state index < -0.39 is 36.0 Å². The lowest BCUT2D eigenvalue weighted by atomic mass is 10.0. The zero-order valence-corrected chi connectivity index (χ0v) is 14.1. The average Bonchev–Trinajstić information content (AvgIpc) is 3.19. The molecule has 2 fully saturated rings. The second kappa shape index (κ2) is 7.11. The first kappa shape index (κ1) is 18.1. The molecule has 0 saturated carbocycles. The summed E-state index contributed by atoms with van der Waals surface area (Å²) in [7, 11) is 0. The Balaban J connectivity index is 1.95. The number of aliphatic hydroxyl groups is 2. The van der Waals surface area contributed by atoms with E-state index in [0.717, 1.165) is 0 Å². The van der Waals surface area contributed by atoms with Gasteiger partial charge in [0.1, 0.15) is 24.4 Å². The molecule has 130 valence electrons. The molecule has 2 aliphatic rings. The summed E-state index contributed by atoms with van der Waals surface area (Å²) in [6, 6.07) is 0. The first-order valence-electron chi connectivity index (χ1n) is 8.44. The van der Waals surface area contributed by atoms with Crippen LogP contribution in [0, 0.1) is 0 Å². The van der Waals surface area contributed by atoms with Crippen molar-refractivity contribution in [2.75, 3.05) is 13.2 Å². The van der Waals surface area contributed by atoms with E-state index in [2.05, 4.69) is 0 Å². The maximum Gasteiger partial charge on any atom is 0.168 e. The van der Waals surface area contributed by atoms with Crippen molar-refractivity contribution in [1.82, 2.24) is 0 Å². The van der Waals surface area contributed by atoms with E-state index in [-0.39, 0.29) is 13.2 Å². The van der Waals surface area contributed by atoms with E-state index in [0.29, 0.717) is 25.7 Å². The van der Waals surface area contributed by atoms with Crippen LogP contribution < -0.4 is 0 Å². The second-order valence-electron chi connectivity index (χ2n) is 6.15. The van der Waals surface area contributed by atoms with Crippen molar-refractivity contribution in [1.29, 1.82) is 0 Å². The summed E-state index contributed by atoms with van der Waals surface area (Å²) in [5.41, 5.74) is 0. The molecule has 0 unspecified atom stereocenters. The maximum absolute atomic E-state index is 10.4. The van der Waals surface area contributed by atoms with Gasteiger partial charge in [-0.2, -0.15) is 0 Å². The minimum Gasteiger partial charge on any atom is -0.387 e. The predicted octanol–water partition coefficient (Wildman–Crippen LogP) is 1.57. The third-order valence-corrected chi connectivity index (χ3v) is 5.02. The maximum atomic E-state index is 10.4. The van der Waals surface area contributed by atoms with Crippen molar-refractivity contribution in [3.63, 3.8) is 0 Å². The largest absolute Gasteiger partial charge is 0.387 e. The van der Waals surface area contributed by atoms with Crippen LogP contribution in [0.25, 0.3) is 0 Å². The molecule has 2 aliphatic heterocycles. The Morgan fingerprint density at radius 2 is 1.09 bits per heavy atom. The third kappa shape index (κ3) is 3.32. The summed E-state index contributed by atoms with van der Waals surface area (Å²) >= 11 is 0. The molecular formula is C16H30O6. The molecule has 6 heteroatoms. The lowest BCUT2D eigenvalue weighted by Gasteiger charge is -2.30. The van der Waals surface area contributed by atoms with Gasteiger partial charge in [0.15, 0.2) is 11.6 Å². The van der Waals surface area contributed by atoms with Crippen molar-refractivity contribution >= 4 is 0 Å². The molecule has 0 aromatic carbocycles. The van der Waals surface area contributed by atoms with Crippen molar-refractivity contribution in [2.45, 2.75) is 89.4 Å². The first-order chi connectivity index (χ1) is 10.4. The molecular weight excluding hydrogens is 288 g/mol. The highest BCUT2D eigenvalue weighted by Gasteiger charge is 2.48. The zero-order chi connectivity index (χ0) is 16.4. The van der Waals surface area contributed by atoms with E-state index in [1.54, 1.807) is 0 Å². The molecule has 0 amide bonds. The topological polar surface area (TPSA) is 77.4 Å². The van der Waals surface area contributed by atoms with E-state index >= 15 is 0 Å². The molecule has 6 nitrogen and oxygen atoms in total. The minimum atomic E-state index is -1.06. The SMILES string of the molecule is CCC1(CC)OC[C@H]([C@H](O)[C@H](O)[C@H]2COC(CC)(CC)O2)O1. The van der Waals surface area contributed by atoms with Gasteiger partial charge in [0.05, 0.1) is 13.2 Å². The van der Waals surface area contributed by atoms with Crippen LogP contribution in [-0.4, -0.2) is 59.4 Å². The van der Waals surface area contributed by atoms with Gasteiger partial charge in [-0.25, -0.2) is 0 Å². The van der Waals surface area contributed by atoms with Gasteiger partial charge in [0.2, 0.25) is 0 Å². The van der Waals surface area contributed by atoms with Gasteiger partial charge in [-0.05, 0) is 25.7 Å². The normalized spacial score (nSPS) is 33.0. The zero-order valence-electron chi connectivity index (χ0n) is 14.1. The van der Waals surface area contributed by atoms with Crippen LogP contribution in [0.1, 0.15) is 53.4 Å². The molecule has 0 radical (unpaired) electrons. The monoisotopic (exact) mass is 318 g/mol. The standard InChI is InChI=1S/C16H30O6/c1-5-15(6-2)19-9-11(21-15)13(17)14(18)12-10-20-16(7-3,8-4)22-12/h11-14,17-18H,5-10H2,1-4H3/t11-,12-,13-,14+/m1/s1. The summed E-state index contributed by atoms with van der Waals surface area (Å²) in [6.07, 6.45) is -0.368. The molecule has 2 N–H and O–H groups in total. The predicted molar refractivity (Wildman–Crippen MR) is 80.3 cm³/mol. The summed E-state index contributed by atoms with van der Waals surface area (Å²) in [5, 5.41) is 20.9. The van der Waals surface area contributed by atoms with Gasteiger partial charge in [0, 0.05) is 0 Å². The molecule has 2 saturated heterocycles. The molecule has 4 atom stereocenters. The third-order valence-electron chi connectivity index (χ3n) is 5.02. The van der Waals surface area contributed by atoms with Gasteiger partial charge in [-0.15, -0.1) is 0 Å². The summed E-state index contributed by atoms with van der Waals surface area (Å²) in [5.74, 6) is -1.29. The van der Waals surface area contributed by atoms with Gasteiger partial charge in [-0.1, -0.05) is 27.7 Å².